The van der Waals surface area contributed by atoms with Gasteiger partial charge in [-0.15, -0.1) is 0 Å². The summed E-state index contributed by atoms with van der Waals surface area (Å²) in [6.45, 7) is -0.182. The maximum atomic E-state index is 16.0. The second-order valence-corrected chi connectivity index (χ2v) is 11.0. The summed E-state index contributed by atoms with van der Waals surface area (Å²) < 4.78 is 43.7. The van der Waals surface area contributed by atoms with Crippen molar-refractivity contribution in [2.45, 2.75) is 10.6 Å². The van der Waals surface area contributed by atoms with Crippen molar-refractivity contribution in [3.8, 4) is 0 Å². The Morgan fingerprint density at radius 2 is 1.87 bits per heavy atom. The summed E-state index contributed by atoms with van der Waals surface area (Å²) in [5.74, 6) is -1.43. The van der Waals surface area contributed by atoms with Crippen molar-refractivity contribution < 1.29 is 27.5 Å². The highest BCUT2D eigenvalue weighted by atomic mass is 35.5. The molecule has 2 unspecified atom stereocenters. The van der Waals surface area contributed by atoms with E-state index in [9.17, 15) is 18.0 Å². The van der Waals surface area contributed by atoms with Crippen LogP contribution in [0.15, 0.2) is 96.3 Å². The second-order valence-electron chi connectivity index (χ2n) is 8.75. The van der Waals surface area contributed by atoms with Crippen LogP contribution < -0.4 is 5.32 Å². The topological polar surface area (TPSA) is 131 Å². The number of halogens is 2. The Morgan fingerprint density at radius 3 is 2.56 bits per heavy atom. The van der Waals surface area contributed by atoms with E-state index < -0.39 is 33.5 Å². The van der Waals surface area contributed by atoms with Crippen LogP contribution in [0.4, 0.5) is 9.18 Å². The summed E-state index contributed by atoms with van der Waals surface area (Å²) >= 11 is 6.12. The van der Waals surface area contributed by atoms with E-state index in [1.807, 2.05) is 0 Å². The van der Waals surface area contributed by atoms with Gasteiger partial charge < -0.3 is 10.4 Å². The van der Waals surface area contributed by atoms with Gasteiger partial charge in [-0.05, 0) is 36.4 Å². The van der Waals surface area contributed by atoms with Gasteiger partial charge in [0.25, 0.3) is 10.0 Å². The van der Waals surface area contributed by atoms with E-state index in [-0.39, 0.29) is 44.3 Å². The van der Waals surface area contributed by atoms with Gasteiger partial charge in [-0.1, -0.05) is 48.0 Å². The van der Waals surface area contributed by atoms with Gasteiger partial charge in [0.1, 0.15) is 0 Å². The Labute approximate surface area is 227 Å². The van der Waals surface area contributed by atoms with Crippen LogP contribution in [-0.2, 0) is 15.7 Å². The van der Waals surface area contributed by atoms with Gasteiger partial charge >= 0.3 is 6.09 Å². The highest BCUT2D eigenvalue weighted by Crippen LogP contribution is 2.38. The fourth-order valence-electron chi connectivity index (χ4n) is 4.38. The molecule has 0 radical (unpaired) electrons. The van der Waals surface area contributed by atoms with Crippen LogP contribution in [0.25, 0.3) is 11.0 Å². The second kappa shape index (κ2) is 10.1. The van der Waals surface area contributed by atoms with Crippen LogP contribution in [0, 0.1) is 5.92 Å². The molecule has 2 atom stereocenters. The minimum atomic E-state index is -4.09. The van der Waals surface area contributed by atoms with Crippen LogP contribution in [0.1, 0.15) is 21.6 Å². The van der Waals surface area contributed by atoms with E-state index in [2.05, 4.69) is 15.3 Å². The predicted molar refractivity (Wildman–Crippen MR) is 142 cm³/mol. The molecule has 0 spiro atoms. The molecule has 1 amide bonds. The number of rotatable bonds is 7. The number of amides is 1. The first-order chi connectivity index (χ1) is 18.6. The number of carbonyl (C=O) groups is 2. The molecular formula is C27H20ClFN4O5S. The number of pyridine rings is 2. The van der Waals surface area contributed by atoms with Gasteiger partial charge in [0.2, 0.25) is 0 Å². The van der Waals surface area contributed by atoms with E-state index in [1.54, 1.807) is 24.3 Å². The molecule has 1 aliphatic carbocycles. The minimum Gasteiger partial charge on any atom is -0.465 e. The molecule has 3 heterocycles. The van der Waals surface area contributed by atoms with Crippen molar-refractivity contribution in [3.05, 3.63) is 113 Å². The number of hydrogen-bond donors (Lipinski definition) is 2. The number of ketones is 1. The van der Waals surface area contributed by atoms with Crippen LogP contribution in [0.3, 0.4) is 0 Å². The Morgan fingerprint density at radius 1 is 1.10 bits per heavy atom. The molecule has 5 rings (SSSR count). The van der Waals surface area contributed by atoms with Crippen LogP contribution in [0.2, 0.25) is 5.02 Å². The van der Waals surface area contributed by atoms with Crippen molar-refractivity contribution in [1.82, 2.24) is 19.3 Å². The normalized spacial score (nSPS) is 18.8. The molecule has 0 fully saturated rings. The number of fused-ring (bicyclic) bond motifs is 1. The molecule has 39 heavy (non-hydrogen) atoms. The number of benzene rings is 1. The van der Waals surface area contributed by atoms with Crippen LogP contribution >= 0.6 is 11.6 Å². The zero-order valence-electron chi connectivity index (χ0n) is 20.0. The monoisotopic (exact) mass is 566 g/mol. The zero-order valence-corrected chi connectivity index (χ0v) is 21.6. The summed E-state index contributed by atoms with van der Waals surface area (Å²) in [6, 6.07) is 11.9. The molecule has 1 aromatic carbocycles. The first-order valence-electron chi connectivity index (χ1n) is 11.6. The third-order valence-electron chi connectivity index (χ3n) is 6.35. The lowest BCUT2D eigenvalue weighted by molar-refractivity contribution is 0.103. The number of alkyl halides is 1. The standard InChI is InChI=1S/C27H20ClFN4O5S/c28-19-12-21-22(16-33(25(21)31-15-19)39(37,38)20-7-2-1-3-8-20)24(34)17-9-10-23(30-13-17)27(29)11-5-4-6-18(27)14-32-26(35)36/h1-13,15-16,18,32H,14H2,(H,35,36). The average Bonchev–Trinajstić information content (AvgIpc) is 3.32. The lowest BCUT2D eigenvalue weighted by atomic mass is 9.82. The smallest absolute Gasteiger partial charge is 0.404 e. The molecule has 0 aliphatic heterocycles. The third kappa shape index (κ3) is 4.82. The van der Waals surface area contributed by atoms with Crippen molar-refractivity contribution >= 4 is 44.5 Å². The van der Waals surface area contributed by atoms with Crippen molar-refractivity contribution in [3.63, 3.8) is 0 Å². The molecule has 3 aromatic heterocycles. The fourth-order valence-corrected chi connectivity index (χ4v) is 5.88. The fraction of sp³-hybridized carbons (Fsp3) is 0.111. The largest absolute Gasteiger partial charge is 0.465 e. The number of aromatic nitrogens is 3. The number of hydrogen-bond acceptors (Lipinski definition) is 6. The molecule has 12 heteroatoms. The van der Waals surface area contributed by atoms with E-state index in [4.69, 9.17) is 16.7 Å². The maximum Gasteiger partial charge on any atom is 0.404 e. The summed E-state index contributed by atoms with van der Waals surface area (Å²) in [7, 11) is -4.09. The summed E-state index contributed by atoms with van der Waals surface area (Å²) in [6.07, 6.45) is 8.31. The number of nitrogens with zero attached hydrogens (tertiary/aromatic N) is 3. The van der Waals surface area contributed by atoms with E-state index in [0.717, 1.165) is 3.97 Å². The van der Waals surface area contributed by atoms with Crippen LogP contribution in [-0.4, -0.2) is 45.9 Å². The average molecular weight is 567 g/mol. The molecule has 2 N–H and O–H groups in total. The van der Waals surface area contributed by atoms with Gasteiger partial charge in [0.15, 0.2) is 17.1 Å². The molecule has 0 bridgehead atoms. The van der Waals surface area contributed by atoms with Crippen LogP contribution in [0.5, 0.6) is 0 Å². The van der Waals surface area contributed by atoms with Gasteiger partial charge in [0.05, 0.1) is 21.2 Å². The summed E-state index contributed by atoms with van der Waals surface area (Å²) in [5, 5.41) is 11.5. The van der Waals surface area contributed by atoms with Crippen molar-refractivity contribution in [1.29, 1.82) is 0 Å². The molecule has 198 valence electrons. The quantitative estimate of drug-likeness (QED) is 0.309. The summed E-state index contributed by atoms with van der Waals surface area (Å²) in [4.78, 5) is 32.8. The van der Waals surface area contributed by atoms with E-state index in [0.29, 0.717) is 0 Å². The molecule has 4 aromatic rings. The molecule has 0 saturated heterocycles. The molecule has 9 nitrogen and oxygen atoms in total. The molecule has 1 aliphatic rings. The maximum absolute atomic E-state index is 16.0. The Bertz CT molecular complexity index is 1750. The number of carboxylic acid groups (broad SMARTS) is 1. The van der Waals surface area contributed by atoms with Crippen molar-refractivity contribution in [2.24, 2.45) is 5.92 Å². The highest BCUT2D eigenvalue weighted by Gasteiger charge is 2.40. The highest BCUT2D eigenvalue weighted by molar-refractivity contribution is 7.90. The molecule has 0 saturated carbocycles. The van der Waals surface area contributed by atoms with Crippen molar-refractivity contribution in [2.75, 3.05) is 6.54 Å². The Balaban J connectivity index is 1.53. The first kappa shape index (κ1) is 26.3. The summed E-state index contributed by atoms with van der Waals surface area (Å²) in [5.41, 5.74) is -2.01. The number of carbonyl (C=O) groups excluding carboxylic acids is 1. The molecular weight excluding hydrogens is 547 g/mol. The SMILES string of the molecule is O=C(O)NCC1C=CC=CC1(F)c1ccc(C(=O)c2cn(S(=O)(=O)c3ccccc3)c3ncc(Cl)cc23)cn1. The van der Waals surface area contributed by atoms with E-state index >= 15 is 4.39 Å². The minimum absolute atomic E-state index is 0.0124. The first-order valence-corrected chi connectivity index (χ1v) is 13.4. The zero-order chi connectivity index (χ0) is 27.8. The van der Waals surface area contributed by atoms with Gasteiger partial charge in [-0.25, -0.2) is 26.6 Å². The van der Waals surface area contributed by atoms with Gasteiger partial charge in [-0.3, -0.25) is 9.78 Å². The third-order valence-corrected chi connectivity index (χ3v) is 8.22. The van der Waals surface area contributed by atoms with Gasteiger partial charge in [0, 0.05) is 42.0 Å². The number of nitrogens with one attached hydrogen (secondary N) is 1. The predicted octanol–water partition coefficient (Wildman–Crippen LogP) is 4.73. The lowest BCUT2D eigenvalue weighted by Gasteiger charge is -2.30. The van der Waals surface area contributed by atoms with Gasteiger partial charge in [-0.2, -0.15) is 0 Å². The lowest BCUT2D eigenvalue weighted by Crippen LogP contribution is -2.38. The number of allylic oxidation sites excluding steroid dienone is 3. The Hall–Kier alpha value is -4.35. The Kier molecular flexibility index (Phi) is 6.79. The van der Waals surface area contributed by atoms with E-state index in [1.165, 1.54) is 67.2 Å².